The Morgan fingerprint density at radius 2 is 1.62 bits per heavy atom. The molecule has 0 aliphatic heterocycles. The van der Waals surface area contributed by atoms with Gasteiger partial charge in [-0.15, -0.1) is 0 Å². The Morgan fingerprint density at radius 1 is 0.912 bits per heavy atom. The van der Waals surface area contributed by atoms with E-state index in [1.54, 1.807) is 32.2 Å². The molecular formula is C25H26N4O4S. The lowest BCUT2D eigenvalue weighted by atomic mass is 10.1. The number of para-hydroxylation sites is 1. The predicted molar refractivity (Wildman–Crippen MR) is 131 cm³/mol. The number of rotatable bonds is 7. The van der Waals surface area contributed by atoms with Crippen LogP contribution in [0.5, 0.6) is 0 Å². The highest BCUT2D eigenvalue weighted by molar-refractivity contribution is 7.89. The summed E-state index contributed by atoms with van der Waals surface area (Å²) in [6.45, 7) is 3.45. The third kappa shape index (κ3) is 5.11. The van der Waals surface area contributed by atoms with Crippen LogP contribution in [-0.4, -0.2) is 31.3 Å². The summed E-state index contributed by atoms with van der Waals surface area (Å²) >= 11 is 0. The highest BCUT2D eigenvalue weighted by Gasteiger charge is 2.29. The first-order chi connectivity index (χ1) is 16.2. The summed E-state index contributed by atoms with van der Waals surface area (Å²) < 4.78 is 28.4. The van der Waals surface area contributed by atoms with Crippen molar-refractivity contribution in [3.8, 4) is 0 Å². The lowest BCUT2D eigenvalue weighted by Crippen LogP contribution is -2.54. The zero-order chi connectivity index (χ0) is 24.3. The number of H-pyrrole nitrogens is 1. The number of fused-ring (bicyclic) bond motifs is 2. The Morgan fingerprint density at radius 3 is 2.38 bits per heavy atom. The quantitative estimate of drug-likeness (QED) is 0.305. The zero-order valence-electron chi connectivity index (χ0n) is 18.8. The molecule has 0 aliphatic carbocycles. The number of aromatic amines is 1. The number of aromatic nitrogens is 1. The van der Waals surface area contributed by atoms with E-state index < -0.39 is 27.9 Å². The largest absolute Gasteiger partial charge is 0.361 e. The normalized spacial score (nSPS) is 12.7. The van der Waals surface area contributed by atoms with E-state index in [4.69, 9.17) is 0 Å². The van der Waals surface area contributed by atoms with Crippen LogP contribution in [0.3, 0.4) is 0 Å². The lowest BCUT2D eigenvalue weighted by molar-refractivity contribution is -0.130. The Bertz CT molecular complexity index is 1460. The van der Waals surface area contributed by atoms with Crippen LogP contribution in [-0.2, 0) is 26.0 Å². The van der Waals surface area contributed by atoms with Crippen molar-refractivity contribution < 1.29 is 18.0 Å². The number of carbonyl (C=O) groups excluding carboxylic acids is 2. The minimum atomic E-state index is -3.97. The first-order valence-electron chi connectivity index (χ1n) is 10.9. The first-order valence-corrected chi connectivity index (χ1v) is 12.4. The van der Waals surface area contributed by atoms with Crippen molar-refractivity contribution in [2.24, 2.45) is 5.92 Å². The second-order valence-electron chi connectivity index (χ2n) is 8.43. The molecule has 34 heavy (non-hydrogen) atoms. The van der Waals surface area contributed by atoms with Crippen molar-refractivity contribution in [3.63, 3.8) is 0 Å². The summed E-state index contributed by atoms with van der Waals surface area (Å²) in [5.74, 6) is -1.43. The van der Waals surface area contributed by atoms with Gasteiger partial charge in [0.25, 0.3) is 5.91 Å². The van der Waals surface area contributed by atoms with Crippen LogP contribution in [0.2, 0.25) is 0 Å². The number of hydrazine groups is 1. The molecule has 4 N–H and O–H groups in total. The lowest BCUT2D eigenvalue weighted by Gasteiger charge is -2.22. The number of benzene rings is 3. The monoisotopic (exact) mass is 478 g/mol. The number of hydrogen-bond acceptors (Lipinski definition) is 4. The van der Waals surface area contributed by atoms with E-state index >= 15 is 0 Å². The van der Waals surface area contributed by atoms with Gasteiger partial charge >= 0.3 is 0 Å². The van der Waals surface area contributed by atoms with Crippen molar-refractivity contribution in [2.75, 3.05) is 0 Å². The molecule has 0 radical (unpaired) electrons. The van der Waals surface area contributed by atoms with Crippen LogP contribution >= 0.6 is 0 Å². The summed E-state index contributed by atoms with van der Waals surface area (Å²) in [5, 5.41) is 2.62. The van der Waals surface area contributed by atoms with E-state index in [1.165, 1.54) is 6.07 Å². The maximum Gasteiger partial charge on any atom is 0.256 e. The molecule has 2 amide bonds. The zero-order valence-corrected chi connectivity index (χ0v) is 19.6. The summed E-state index contributed by atoms with van der Waals surface area (Å²) in [4.78, 5) is 28.3. The highest BCUT2D eigenvalue weighted by Crippen LogP contribution is 2.20. The smallest absolute Gasteiger partial charge is 0.256 e. The van der Waals surface area contributed by atoms with Gasteiger partial charge < -0.3 is 4.98 Å². The molecular weight excluding hydrogens is 452 g/mol. The van der Waals surface area contributed by atoms with Crippen LogP contribution in [0.15, 0.2) is 77.8 Å². The van der Waals surface area contributed by atoms with Gasteiger partial charge in [-0.25, -0.2) is 8.42 Å². The maximum atomic E-state index is 13.0. The summed E-state index contributed by atoms with van der Waals surface area (Å²) in [6, 6.07) is 18.7. The number of amides is 2. The average Bonchev–Trinajstić information content (AvgIpc) is 3.23. The van der Waals surface area contributed by atoms with Gasteiger partial charge in [-0.05, 0) is 40.5 Å². The molecule has 176 valence electrons. The third-order valence-electron chi connectivity index (χ3n) is 5.61. The Kier molecular flexibility index (Phi) is 6.67. The molecule has 1 atom stereocenters. The van der Waals surface area contributed by atoms with Crippen molar-refractivity contribution in [1.82, 2.24) is 20.6 Å². The Balaban J connectivity index is 1.42. The van der Waals surface area contributed by atoms with E-state index in [2.05, 4.69) is 20.6 Å². The predicted octanol–water partition coefficient (Wildman–Crippen LogP) is 3.01. The molecule has 4 rings (SSSR count). The average molecular weight is 479 g/mol. The van der Waals surface area contributed by atoms with Crippen molar-refractivity contribution in [1.29, 1.82) is 0 Å². The van der Waals surface area contributed by atoms with Gasteiger partial charge in [0.1, 0.15) is 6.04 Å². The SMILES string of the molecule is CC(C)C(NS(=O)(=O)c1ccc2ccccc2c1)C(=O)NNC(=O)Cc1c[nH]c2ccccc12. The van der Waals surface area contributed by atoms with Crippen molar-refractivity contribution in [2.45, 2.75) is 31.2 Å². The molecule has 0 saturated heterocycles. The van der Waals surface area contributed by atoms with Crippen LogP contribution in [0.4, 0.5) is 0 Å². The number of hydrogen-bond donors (Lipinski definition) is 4. The standard InChI is InChI=1S/C25H26N4O4S/c1-16(2)24(29-34(32,33)20-12-11-17-7-3-4-8-18(17)13-20)25(31)28-27-23(30)14-19-15-26-22-10-6-5-9-21(19)22/h3-13,15-16,24,26,29H,14H2,1-2H3,(H,27,30)(H,28,31). The summed E-state index contributed by atoms with van der Waals surface area (Å²) in [7, 11) is -3.97. The van der Waals surface area contributed by atoms with E-state index in [0.717, 1.165) is 27.2 Å². The second-order valence-corrected chi connectivity index (χ2v) is 10.1. The minimum Gasteiger partial charge on any atom is -0.361 e. The molecule has 1 aromatic heterocycles. The maximum absolute atomic E-state index is 13.0. The van der Waals surface area contributed by atoms with E-state index in [-0.39, 0.29) is 17.2 Å². The van der Waals surface area contributed by atoms with Gasteiger partial charge in [0.15, 0.2) is 0 Å². The molecule has 0 bridgehead atoms. The molecule has 8 nitrogen and oxygen atoms in total. The van der Waals surface area contributed by atoms with Crippen LogP contribution in [0.1, 0.15) is 19.4 Å². The molecule has 4 aromatic rings. The van der Waals surface area contributed by atoms with Crippen LogP contribution < -0.4 is 15.6 Å². The molecule has 0 spiro atoms. The first kappa shape index (κ1) is 23.5. The fourth-order valence-corrected chi connectivity index (χ4v) is 5.15. The summed E-state index contributed by atoms with van der Waals surface area (Å²) in [6.07, 6.45) is 1.81. The van der Waals surface area contributed by atoms with Crippen LogP contribution in [0.25, 0.3) is 21.7 Å². The topological polar surface area (TPSA) is 120 Å². The van der Waals surface area contributed by atoms with Gasteiger partial charge in [-0.1, -0.05) is 62.4 Å². The number of sulfonamides is 1. The van der Waals surface area contributed by atoms with E-state index in [9.17, 15) is 18.0 Å². The van der Waals surface area contributed by atoms with Gasteiger partial charge in [-0.3, -0.25) is 20.4 Å². The molecule has 1 unspecified atom stereocenters. The summed E-state index contributed by atoms with van der Waals surface area (Å²) in [5.41, 5.74) is 6.44. The molecule has 1 heterocycles. The van der Waals surface area contributed by atoms with Gasteiger partial charge in [-0.2, -0.15) is 4.72 Å². The fourth-order valence-electron chi connectivity index (χ4n) is 3.77. The molecule has 0 saturated carbocycles. The Labute approximate surface area is 197 Å². The van der Waals surface area contributed by atoms with Gasteiger partial charge in [0, 0.05) is 17.1 Å². The van der Waals surface area contributed by atoms with E-state index in [1.807, 2.05) is 48.5 Å². The highest BCUT2D eigenvalue weighted by atomic mass is 32.2. The second kappa shape index (κ2) is 9.66. The third-order valence-corrected chi connectivity index (χ3v) is 7.05. The van der Waals surface area contributed by atoms with Gasteiger partial charge in [0.05, 0.1) is 11.3 Å². The van der Waals surface area contributed by atoms with Gasteiger partial charge in [0.2, 0.25) is 15.9 Å². The van der Waals surface area contributed by atoms with Crippen molar-refractivity contribution in [3.05, 3.63) is 78.5 Å². The Hall–Kier alpha value is -3.69. The van der Waals surface area contributed by atoms with Crippen molar-refractivity contribution >= 4 is 43.5 Å². The van der Waals surface area contributed by atoms with E-state index in [0.29, 0.717) is 0 Å². The van der Waals surface area contributed by atoms with Crippen LogP contribution in [0, 0.1) is 5.92 Å². The molecule has 3 aromatic carbocycles. The molecule has 0 fully saturated rings. The molecule has 0 aliphatic rings. The fraction of sp³-hybridized carbons (Fsp3) is 0.200. The number of carbonyl (C=O) groups is 2. The minimum absolute atomic E-state index is 0.0550. The molecule has 9 heteroatoms. The number of nitrogens with one attached hydrogen (secondary N) is 4.